The minimum atomic E-state index is -0.773. The number of hydrogen-bond donors (Lipinski definition) is 0. The summed E-state index contributed by atoms with van der Waals surface area (Å²) in [6.45, 7) is 5.19. The number of nitrogens with zero attached hydrogens (tertiary/aromatic N) is 1. The zero-order valence-electron chi connectivity index (χ0n) is 9.20. The SMILES string of the molecule is C=C(CCl)COc1cc(C)c([N+](=O)[O-])cc1F. The average molecular weight is 260 g/mol. The Morgan fingerprint density at radius 1 is 1.65 bits per heavy atom. The van der Waals surface area contributed by atoms with Crippen molar-refractivity contribution in [3.63, 3.8) is 0 Å². The molecular weight excluding hydrogens is 249 g/mol. The highest BCUT2D eigenvalue weighted by atomic mass is 35.5. The van der Waals surface area contributed by atoms with E-state index in [1.807, 2.05) is 0 Å². The second-order valence-corrected chi connectivity index (χ2v) is 3.77. The van der Waals surface area contributed by atoms with Gasteiger partial charge in [0, 0.05) is 11.4 Å². The Morgan fingerprint density at radius 2 is 2.29 bits per heavy atom. The van der Waals surface area contributed by atoms with E-state index in [4.69, 9.17) is 16.3 Å². The van der Waals surface area contributed by atoms with E-state index in [1.165, 1.54) is 13.0 Å². The lowest BCUT2D eigenvalue weighted by molar-refractivity contribution is -0.385. The number of benzene rings is 1. The molecule has 1 aromatic carbocycles. The molecule has 4 nitrogen and oxygen atoms in total. The van der Waals surface area contributed by atoms with Crippen molar-refractivity contribution in [2.24, 2.45) is 0 Å². The molecule has 0 aliphatic carbocycles. The fourth-order valence-electron chi connectivity index (χ4n) is 1.17. The lowest BCUT2D eigenvalue weighted by atomic mass is 10.2. The number of hydrogen-bond acceptors (Lipinski definition) is 3. The zero-order chi connectivity index (χ0) is 13.0. The van der Waals surface area contributed by atoms with Gasteiger partial charge in [0.1, 0.15) is 6.61 Å². The number of nitro groups is 1. The van der Waals surface area contributed by atoms with Crippen LogP contribution in [0.4, 0.5) is 10.1 Å². The normalized spacial score (nSPS) is 10.1. The van der Waals surface area contributed by atoms with E-state index in [9.17, 15) is 14.5 Å². The van der Waals surface area contributed by atoms with Gasteiger partial charge in [-0.05, 0) is 18.6 Å². The number of alkyl halides is 1. The first-order chi connectivity index (χ1) is 7.95. The van der Waals surface area contributed by atoms with E-state index in [-0.39, 0.29) is 23.9 Å². The molecule has 0 aromatic heterocycles. The Balaban J connectivity index is 2.92. The number of aryl methyl sites for hydroxylation is 1. The highest BCUT2D eigenvalue weighted by Crippen LogP contribution is 2.27. The number of halogens is 2. The van der Waals surface area contributed by atoms with E-state index >= 15 is 0 Å². The Morgan fingerprint density at radius 3 is 2.82 bits per heavy atom. The quantitative estimate of drug-likeness (QED) is 0.353. The standard InChI is InChI=1S/C11H11ClFNO3/c1-7(5-12)6-17-11-3-8(2)10(14(15)16)4-9(11)13/h3-4H,1,5-6H2,2H3. The first-order valence-electron chi connectivity index (χ1n) is 4.75. The molecule has 6 heteroatoms. The molecule has 0 aliphatic heterocycles. The summed E-state index contributed by atoms with van der Waals surface area (Å²) in [5, 5.41) is 10.6. The van der Waals surface area contributed by atoms with Gasteiger partial charge in [-0.1, -0.05) is 6.58 Å². The topological polar surface area (TPSA) is 52.4 Å². The molecule has 0 fully saturated rings. The maximum Gasteiger partial charge on any atom is 0.275 e. The van der Waals surface area contributed by atoms with Crippen molar-refractivity contribution in [2.45, 2.75) is 6.92 Å². The van der Waals surface area contributed by atoms with Crippen LogP contribution in [0.25, 0.3) is 0 Å². The van der Waals surface area contributed by atoms with E-state index < -0.39 is 10.7 Å². The van der Waals surface area contributed by atoms with Crippen LogP contribution in [0.1, 0.15) is 5.56 Å². The zero-order valence-corrected chi connectivity index (χ0v) is 9.96. The van der Waals surface area contributed by atoms with Gasteiger partial charge in [-0.25, -0.2) is 4.39 Å². The summed E-state index contributed by atoms with van der Waals surface area (Å²) in [6, 6.07) is 2.13. The molecule has 0 saturated carbocycles. The molecule has 0 amide bonds. The van der Waals surface area contributed by atoms with Crippen LogP contribution in [0.5, 0.6) is 5.75 Å². The van der Waals surface area contributed by atoms with Gasteiger partial charge in [0.2, 0.25) is 0 Å². The van der Waals surface area contributed by atoms with Crippen LogP contribution in [0, 0.1) is 22.9 Å². The van der Waals surface area contributed by atoms with Gasteiger partial charge in [0.05, 0.1) is 11.0 Å². The molecule has 0 heterocycles. The van der Waals surface area contributed by atoms with Crippen molar-refractivity contribution in [1.29, 1.82) is 0 Å². The summed E-state index contributed by atoms with van der Waals surface area (Å²) >= 11 is 5.49. The molecule has 17 heavy (non-hydrogen) atoms. The highest BCUT2D eigenvalue weighted by Gasteiger charge is 2.16. The van der Waals surface area contributed by atoms with Gasteiger partial charge in [-0.3, -0.25) is 10.1 Å². The molecule has 0 spiro atoms. The van der Waals surface area contributed by atoms with Crippen molar-refractivity contribution in [2.75, 3.05) is 12.5 Å². The van der Waals surface area contributed by atoms with Crippen LogP contribution in [-0.4, -0.2) is 17.4 Å². The van der Waals surface area contributed by atoms with E-state index in [0.717, 1.165) is 6.07 Å². The molecule has 92 valence electrons. The summed E-state index contributed by atoms with van der Waals surface area (Å²) < 4.78 is 18.6. The molecule has 0 N–H and O–H groups in total. The van der Waals surface area contributed by atoms with Gasteiger partial charge >= 0.3 is 0 Å². The third-order valence-corrected chi connectivity index (χ3v) is 2.45. The Kier molecular flexibility index (Phi) is 4.45. The first-order valence-corrected chi connectivity index (χ1v) is 5.29. The Hall–Kier alpha value is -1.62. The molecule has 0 bridgehead atoms. The minimum absolute atomic E-state index is 0.0423. The van der Waals surface area contributed by atoms with Crippen molar-refractivity contribution in [3.8, 4) is 5.75 Å². The van der Waals surface area contributed by atoms with E-state index in [0.29, 0.717) is 11.1 Å². The fraction of sp³-hybridized carbons (Fsp3) is 0.273. The van der Waals surface area contributed by atoms with Crippen LogP contribution in [0.2, 0.25) is 0 Å². The Bertz CT molecular complexity index is 462. The first kappa shape index (κ1) is 13.4. The lowest BCUT2D eigenvalue weighted by Crippen LogP contribution is -2.04. The second kappa shape index (κ2) is 5.63. The highest BCUT2D eigenvalue weighted by molar-refractivity contribution is 6.19. The summed E-state index contributed by atoms with van der Waals surface area (Å²) in [5.41, 5.74) is 0.663. The van der Waals surface area contributed by atoms with Gasteiger partial charge in [0.25, 0.3) is 5.69 Å². The van der Waals surface area contributed by atoms with E-state index in [2.05, 4.69) is 6.58 Å². The van der Waals surface area contributed by atoms with Crippen molar-refractivity contribution in [3.05, 3.63) is 45.8 Å². The fourth-order valence-corrected chi connectivity index (χ4v) is 1.25. The van der Waals surface area contributed by atoms with Crippen LogP contribution < -0.4 is 4.74 Å². The number of nitro benzene ring substituents is 1. The third-order valence-electron chi connectivity index (χ3n) is 2.07. The number of ether oxygens (including phenoxy) is 1. The van der Waals surface area contributed by atoms with Gasteiger partial charge in [0.15, 0.2) is 11.6 Å². The van der Waals surface area contributed by atoms with Gasteiger partial charge in [-0.15, -0.1) is 11.6 Å². The monoisotopic (exact) mass is 259 g/mol. The summed E-state index contributed by atoms with van der Waals surface area (Å²) in [5.74, 6) is -0.600. The van der Waals surface area contributed by atoms with Crippen LogP contribution in [0.15, 0.2) is 24.3 Å². The summed E-state index contributed by atoms with van der Waals surface area (Å²) in [4.78, 5) is 9.93. The molecule has 0 radical (unpaired) electrons. The second-order valence-electron chi connectivity index (χ2n) is 3.50. The van der Waals surface area contributed by atoms with Crippen molar-refractivity contribution >= 4 is 17.3 Å². The van der Waals surface area contributed by atoms with Crippen LogP contribution >= 0.6 is 11.6 Å². The van der Waals surface area contributed by atoms with Crippen LogP contribution in [0.3, 0.4) is 0 Å². The average Bonchev–Trinajstić information content (AvgIpc) is 2.28. The molecule has 0 unspecified atom stereocenters. The molecular formula is C11H11ClFNO3. The summed E-state index contributed by atoms with van der Waals surface area (Å²) in [7, 11) is 0. The van der Waals surface area contributed by atoms with Crippen molar-refractivity contribution < 1.29 is 14.1 Å². The predicted molar refractivity (Wildman–Crippen MR) is 63.1 cm³/mol. The third kappa shape index (κ3) is 3.42. The predicted octanol–water partition coefficient (Wildman–Crippen LogP) is 3.22. The molecule has 0 atom stereocenters. The van der Waals surface area contributed by atoms with Crippen LogP contribution in [-0.2, 0) is 0 Å². The minimum Gasteiger partial charge on any atom is -0.486 e. The maximum atomic E-state index is 13.5. The Labute approximate surface area is 103 Å². The summed E-state index contributed by atoms with van der Waals surface area (Å²) in [6.07, 6.45) is 0. The van der Waals surface area contributed by atoms with Crippen molar-refractivity contribution in [1.82, 2.24) is 0 Å². The lowest BCUT2D eigenvalue weighted by Gasteiger charge is -2.08. The largest absolute Gasteiger partial charge is 0.486 e. The van der Waals surface area contributed by atoms with Gasteiger partial charge < -0.3 is 4.74 Å². The molecule has 0 saturated heterocycles. The van der Waals surface area contributed by atoms with Gasteiger partial charge in [-0.2, -0.15) is 0 Å². The molecule has 1 rings (SSSR count). The molecule has 1 aromatic rings. The van der Waals surface area contributed by atoms with E-state index in [1.54, 1.807) is 0 Å². The number of rotatable bonds is 5. The smallest absolute Gasteiger partial charge is 0.275 e. The maximum absolute atomic E-state index is 13.5. The molecule has 0 aliphatic rings.